The Hall–Kier alpha value is -4.71. The Kier molecular flexibility index (Phi) is 57.0. The van der Waals surface area contributed by atoms with Crippen LogP contribution in [0, 0.1) is 0 Å². The van der Waals surface area contributed by atoms with Gasteiger partial charge in [0.15, 0.2) is 6.10 Å². The molecule has 0 aliphatic carbocycles. The van der Waals surface area contributed by atoms with Crippen molar-refractivity contribution in [1.29, 1.82) is 0 Å². The molecule has 0 aromatic carbocycles. The van der Waals surface area contributed by atoms with Crippen molar-refractivity contribution >= 4 is 17.9 Å². The zero-order chi connectivity index (χ0) is 53.6. The van der Waals surface area contributed by atoms with Crippen molar-refractivity contribution in [2.45, 2.75) is 252 Å². The smallest absolute Gasteiger partial charge is 0.306 e. The van der Waals surface area contributed by atoms with Crippen molar-refractivity contribution in [3.8, 4) is 0 Å². The van der Waals surface area contributed by atoms with Crippen molar-refractivity contribution in [2.24, 2.45) is 0 Å². The summed E-state index contributed by atoms with van der Waals surface area (Å²) < 4.78 is 16.8. The van der Waals surface area contributed by atoms with E-state index in [1.807, 2.05) is 0 Å². The Bertz CT molecular complexity index is 1640. The second-order valence-corrected chi connectivity index (χ2v) is 19.1. The second kappa shape index (κ2) is 60.8. The summed E-state index contributed by atoms with van der Waals surface area (Å²) in [6.07, 6.45) is 86.9. The summed E-state index contributed by atoms with van der Waals surface area (Å²) in [7, 11) is 0. The van der Waals surface area contributed by atoms with Crippen molar-refractivity contribution in [1.82, 2.24) is 0 Å². The maximum Gasteiger partial charge on any atom is 0.306 e. The van der Waals surface area contributed by atoms with Gasteiger partial charge in [0.2, 0.25) is 0 Å². The van der Waals surface area contributed by atoms with Crippen molar-refractivity contribution in [3.63, 3.8) is 0 Å². The van der Waals surface area contributed by atoms with Gasteiger partial charge in [0.05, 0.1) is 0 Å². The molecule has 0 aliphatic heterocycles. The molecule has 0 rings (SSSR count). The molecule has 6 nitrogen and oxygen atoms in total. The summed E-state index contributed by atoms with van der Waals surface area (Å²) in [5, 5.41) is 0. The zero-order valence-corrected chi connectivity index (χ0v) is 47.5. The Morgan fingerprint density at radius 3 is 0.851 bits per heavy atom. The molecular formula is C68H108O6. The first-order valence-corrected chi connectivity index (χ1v) is 29.8. The lowest BCUT2D eigenvalue weighted by Crippen LogP contribution is -2.30. The number of unbranched alkanes of at least 4 members (excludes halogenated alkanes) is 17. The van der Waals surface area contributed by atoms with E-state index in [9.17, 15) is 14.4 Å². The standard InChI is InChI=1S/C68H108O6/c1-4-7-10-13-16-19-22-25-27-29-31-32-33-34-35-36-38-39-41-43-46-49-52-55-58-61-67(70)73-64-65(63-72-66(69)60-57-54-51-48-45-24-21-18-15-12-9-6-3)74-68(71)62-59-56-53-50-47-44-42-40-37-30-28-26-23-20-17-14-11-8-5-2/h7-8,10-11,16-21,25-28,31-32,34-35,37-40,44,47,65H,4-6,9,12-15,22-24,29-30,33,36,41-43,45-46,48-64H2,1-3H3/b10-7-,11-8-,19-16-,20-17-,21-18-,27-25-,28-26-,32-31-,35-34-,39-38-,40-37-,47-44-. The third kappa shape index (κ3) is 58.2. The third-order valence-corrected chi connectivity index (χ3v) is 12.1. The highest BCUT2D eigenvalue weighted by Gasteiger charge is 2.19. The second-order valence-electron chi connectivity index (χ2n) is 19.1. The van der Waals surface area contributed by atoms with Gasteiger partial charge in [0.1, 0.15) is 13.2 Å². The molecule has 0 bridgehead atoms. The fourth-order valence-corrected chi connectivity index (χ4v) is 7.64. The van der Waals surface area contributed by atoms with Crippen LogP contribution in [-0.4, -0.2) is 37.2 Å². The maximum atomic E-state index is 12.9. The molecule has 0 saturated carbocycles. The number of carbonyl (C=O) groups is 3. The molecule has 0 aromatic rings. The quantitative estimate of drug-likeness (QED) is 0.0261. The van der Waals surface area contributed by atoms with E-state index in [2.05, 4.69) is 167 Å². The molecular weight excluding hydrogens is 913 g/mol. The number of esters is 3. The lowest BCUT2D eigenvalue weighted by Gasteiger charge is -2.18. The van der Waals surface area contributed by atoms with Crippen LogP contribution in [0.5, 0.6) is 0 Å². The van der Waals surface area contributed by atoms with Crippen LogP contribution in [0.15, 0.2) is 146 Å². The highest BCUT2D eigenvalue weighted by molar-refractivity contribution is 5.71. The van der Waals surface area contributed by atoms with Gasteiger partial charge in [-0.1, -0.05) is 231 Å². The average Bonchev–Trinajstić information content (AvgIpc) is 3.40. The molecule has 0 aliphatic rings. The highest BCUT2D eigenvalue weighted by Crippen LogP contribution is 2.13. The van der Waals surface area contributed by atoms with Crippen LogP contribution in [0.2, 0.25) is 0 Å². The Balaban J connectivity index is 4.45. The van der Waals surface area contributed by atoms with Crippen LogP contribution in [-0.2, 0) is 28.6 Å². The van der Waals surface area contributed by atoms with Gasteiger partial charge < -0.3 is 14.2 Å². The molecule has 416 valence electrons. The first-order valence-electron chi connectivity index (χ1n) is 29.8. The van der Waals surface area contributed by atoms with Crippen LogP contribution in [0.25, 0.3) is 0 Å². The topological polar surface area (TPSA) is 78.9 Å². The lowest BCUT2D eigenvalue weighted by atomic mass is 10.1. The zero-order valence-electron chi connectivity index (χ0n) is 47.5. The van der Waals surface area contributed by atoms with Crippen molar-refractivity contribution in [2.75, 3.05) is 13.2 Å². The van der Waals surface area contributed by atoms with Gasteiger partial charge in [0, 0.05) is 19.3 Å². The van der Waals surface area contributed by atoms with Gasteiger partial charge in [-0.3, -0.25) is 14.4 Å². The van der Waals surface area contributed by atoms with Gasteiger partial charge in [-0.05, 0) is 141 Å². The molecule has 0 amide bonds. The molecule has 0 saturated heterocycles. The minimum absolute atomic E-state index is 0.106. The molecule has 0 spiro atoms. The predicted molar refractivity (Wildman–Crippen MR) is 320 cm³/mol. The van der Waals surface area contributed by atoms with E-state index in [4.69, 9.17) is 14.2 Å². The SMILES string of the molecule is CC/C=C\C/C=C\C/C=C\C/C=C\C/C=C\C/C=C\CCCCCCCCC(=O)OCC(COC(=O)CCCCCCC/C=C\CCCCC)OC(=O)CCCCC/C=C\C/C=C\C/C=C\C/C=C\C/C=C\CC. The van der Waals surface area contributed by atoms with Crippen LogP contribution in [0.1, 0.15) is 245 Å². The minimum Gasteiger partial charge on any atom is -0.462 e. The number of hydrogen-bond acceptors (Lipinski definition) is 6. The lowest BCUT2D eigenvalue weighted by molar-refractivity contribution is -0.167. The van der Waals surface area contributed by atoms with E-state index in [1.54, 1.807) is 0 Å². The molecule has 6 heteroatoms. The fraction of sp³-hybridized carbons (Fsp3) is 0.603. The van der Waals surface area contributed by atoms with E-state index < -0.39 is 6.10 Å². The van der Waals surface area contributed by atoms with Gasteiger partial charge in [-0.2, -0.15) is 0 Å². The molecule has 0 N–H and O–H groups in total. The normalized spacial score (nSPS) is 13.2. The third-order valence-electron chi connectivity index (χ3n) is 12.1. The first kappa shape index (κ1) is 69.3. The molecule has 74 heavy (non-hydrogen) atoms. The molecule has 1 unspecified atom stereocenters. The Labute approximate surface area is 455 Å². The van der Waals surface area contributed by atoms with Crippen LogP contribution in [0.3, 0.4) is 0 Å². The number of ether oxygens (including phenoxy) is 3. The van der Waals surface area contributed by atoms with E-state index >= 15 is 0 Å². The molecule has 0 radical (unpaired) electrons. The largest absolute Gasteiger partial charge is 0.462 e. The summed E-state index contributed by atoms with van der Waals surface area (Å²) >= 11 is 0. The Morgan fingerprint density at radius 2 is 0.527 bits per heavy atom. The molecule has 1 atom stereocenters. The van der Waals surface area contributed by atoms with E-state index in [0.717, 1.165) is 154 Å². The predicted octanol–water partition coefficient (Wildman–Crippen LogP) is 20.4. The van der Waals surface area contributed by atoms with E-state index in [1.165, 1.54) is 44.9 Å². The van der Waals surface area contributed by atoms with Gasteiger partial charge in [-0.25, -0.2) is 0 Å². The summed E-state index contributed by atoms with van der Waals surface area (Å²) in [5.74, 6) is -0.967. The average molecular weight is 1020 g/mol. The van der Waals surface area contributed by atoms with E-state index in [-0.39, 0.29) is 37.5 Å². The monoisotopic (exact) mass is 1020 g/mol. The number of allylic oxidation sites excluding steroid dienone is 24. The van der Waals surface area contributed by atoms with Gasteiger partial charge >= 0.3 is 17.9 Å². The molecule has 0 heterocycles. The molecule has 0 aromatic heterocycles. The van der Waals surface area contributed by atoms with Gasteiger partial charge in [-0.15, -0.1) is 0 Å². The van der Waals surface area contributed by atoms with Gasteiger partial charge in [0.25, 0.3) is 0 Å². The maximum absolute atomic E-state index is 12.9. The van der Waals surface area contributed by atoms with Crippen molar-refractivity contribution < 1.29 is 28.6 Å². The van der Waals surface area contributed by atoms with Crippen LogP contribution >= 0.6 is 0 Å². The summed E-state index contributed by atoms with van der Waals surface area (Å²) in [6, 6.07) is 0. The van der Waals surface area contributed by atoms with E-state index in [0.29, 0.717) is 19.3 Å². The number of hydrogen-bond donors (Lipinski definition) is 0. The van der Waals surface area contributed by atoms with Crippen LogP contribution in [0.4, 0.5) is 0 Å². The van der Waals surface area contributed by atoms with Crippen LogP contribution < -0.4 is 0 Å². The highest BCUT2D eigenvalue weighted by atomic mass is 16.6. The first-order chi connectivity index (χ1) is 36.5. The number of carbonyl (C=O) groups excluding carboxylic acids is 3. The fourth-order valence-electron chi connectivity index (χ4n) is 7.64. The number of rotatable bonds is 52. The summed E-state index contributed by atoms with van der Waals surface area (Å²) in [4.78, 5) is 38.2. The minimum atomic E-state index is -0.812. The Morgan fingerprint density at radius 1 is 0.284 bits per heavy atom. The van der Waals surface area contributed by atoms with Crippen molar-refractivity contribution in [3.05, 3.63) is 146 Å². The molecule has 0 fully saturated rings. The summed E-state index contributed by atoms with van der Waals surface area (Å²) in [6.45, 7) is 6.33. The summed E-state index contributed by atoms with van der Waals surface area (Å²) in [5.41, 5.74) is 0.